The molecule has 6 heteroatoms. The summed E-state index contributed by atoms with van der Waals surface area (Å²) >= 11 is 0. The molecule has 1 atom stereocenters. The van der Waals surface area contributed by atoms with E-state index >= 15 is 0 Å². The number of carbonyl (C=O) groups excluding carboxylic acids is 3. The molecule has 1 unspecified atom stereocenters. The summed E-state index contributed by atoms with van der Waals surface area (Å²) in [4.78, 5) is 40.9. The maximum Gasteiger partial charge on any atom is 0.327 e. The summed E-state index contributed by atoms with van der Waals surface area (Å²) in [5.74, 6) is 0.364. The van der Waals surface area contributed by atoms with Crippen molar-refractivity contribution in [2.75, 3.05) is 11.9 Å². The van der Waals surface area contributed by atoms with E-state index in [0.717, 1.165) is 29.7 Å². The fraction of sp³-hybridized carbons (Fsp3) is 0.423. The average molecular weight is 434 g/mol. The molecular weight excluding hydrogens is 402 g/mol. The first-order valence-electron chi connectivity index (χ1n) is 11.5. The van der Waals surface area contributed by atoms with Crippen LogP contribution in [0.3, 0.4) is 0 Å². The van der Waals surface area contributed by atoms with Gasteiger partial charge in [0.1, 0.15) is 6.04 Å². The molecule has 1 saturated heterocycles. The molecule has 0 spiro atoms. The highest BCUT2D eigenvalue weighted by molar-refractivity contribution is 6.04. The quantitative estimate of drug-likeness (QED) is 0.485. The van der Waals surface area contributed by atoms with Crippen LogP contribution in [-0.4, -0.2) is 40.2 Å². The molecule has 2 aliphatic heterocycles. The van der Waals surface area contributed by atoms with E-state index in [1.807, 2.05) is 48.5 Å². The molecule has 2 heterocycles. The summed E-state index contributed by atoms with van der Waals surface area (Å²) in [5, 5.41) is 2.93. The minimum Gasteiger partial charge on any atom is -0.326 e. The molecule has 2 aliphatic rings. The highest BCUT2D eigenvalue weighted by Gasteiger charge is 2.46. The molecule has 4 rings (SSSR count). The maximum atomic E-state index is 12.8. The van der Waals surface area contributed by atoms with E-state index in [-0.39, 0.29) is 23.9 Å². The van der Waals surface area contributed by atoms with Crippen molar-refractivity contribution in [2.45, 2.75) is 64.5 Å². The lowest BCUT2D eigenvalue weighted by Crippen LogP contribution is -2.39. The number of hydrogen-bond acceptors (Lipinski definition) is 3. The Labute approximate surface area is 189 Å². The Morgan fingerprint density at radius 2 is 1.72 bits per heavy atom. The first kappa shape index (κ1) is 22.1. The summed E-state index contributed by atoms with van der Waals surface area (Å²) in [6, 6.07) is 15.4. The molecular formula is C26H31N3O3. The second-order valence-corrected chi connectivity index (χ2v) is 9.02. The van der Waals surface area contributed by atoms with Gasteiger partial charge in [0.15, 0.2) is 0 Å². The Hall–Kier alpha value is -3.15. The zero-order chi connectivity index (χ0) is 22.7. The largest absolute Gasteiger partial charge is 0.327 e. The van der Waals surface area contributed by atoms with Gasteiger partial charge in [-0.3, -0.25) is 14.5 Å². The molecule has 0 saturated carbocycles. The average Bonchev–Trinajstić information content (AvgIpc) is 3.02. The lowest BCUT2D eigenvalue weighted by molar-refractivity contribution is -0.128. The van der Waals surface area contributed by atoms with Crippen molar-refractivity contribution < 1.29 is 14.4 Å². The monoisotopic (exact) mass is 433 g/mol. The number of carbonyl (C=O) groups is 3. The predicted octanol–water partition coefficient (Wildman–Crippen LogP) is 4.70. The standard InChI is InChI=1S/C26H31N3O3/c1-18(2)19-11-13-22(14-12-19)27-24(30)10-4-3-7-15-28-25(31)23-16-20-8-5-6-9-21(20)17-29(23)26(28)32/h5-6,8-9,11-14,18,23H,3-4,7,10,15-17H2,1-2H3,(H,27,30). The van der Waals surface area contributed by atoms with Crippen LogP contribution in [0.2, 0.25) is 0 Å². The van der Waals surface area contributed by atoms with E-state index in [0.29, 0.717) is 38.3 Å². The van der Waals surface area contributed by atoms with E-state index in [4.69, 9.17) is 0 Å². The van der Waals surface area contributed by atoms with Gasteiger partial charge in [-0.15, -0.1) is 0 Å². The third-order valence-corrected chi connectivity index (χ3v) is 6.42. The number of rotatable bonds is 8. The molecule has 32 heavy (non-hydrogen) atoms. The van der Waals surface area contributed by atoms with Crippen molar-refractivity contribution in [3.05, 3.63) is 65.2 Å². The van der Waals surface area contributed by atoms with E-state index in [9.17, 15) is 14.4 Å². The molecule has 0 aromatic heterocycles. The Bertz CT molecular complexity index is 957. The second kappa shape index (κ2) is 9.55. The van der Waals surface area contributed by atoms with E-state index in [1.54, 1.807) is 4.90 Å². The SMILES string of the molecule is CC(C)c1ccc(NC(=O)CCCCCN2C(=O)C3Cc4ccccc4CN3C2=O)cc1. The van der Waals surface area contributed by atoms with Gasteiger partial charge in [-0.1, -0.05) is 56.7 Å². The normalized spacial score (nSPS) is 17.5. The van der Waals surface area contributed by atoms with Gasteiger partial charge in [-0.05, 0) is 47.6 Å². The van der Waals surface area contributed by atoms with Crippen LogP contribution in [0.5, 0.6) is 0 Å². The van der Waals surface area contributed by atoms with Crippen LogP contribution >= 0.6 is 0 Å². The van der Waals surface area contributed by atoms with Crippen molar-refractivity contribution in [1.29, 1.82) is 0 Å². The first-order valence-corrected chi connectivity index (χ1v) is 11.5. The van der Waals surface area contributed by atoms with Crippen molar-refractivity contribution in [2.24, 2.45) is 0 Å². The molecule has 6 nitrogen and oxygen atoms in total. The minimum absolute atomic E-state index is 0.00878. The number of urea groups is 1. The number of amides is 4. The van der Waals surface area contributed by atoms with Gasteiger partial charge in [-0.2, -0.15) is 0 Å². The van der Waals surface area contributed by atoms with Crippen molar-refractivity contribution in [3.8, 4) is 0 Å². The number of nitrogens with zero attached hydrogens (tertiary/aromatic N) is 2. The predicted molar refractivity (Wildman–Crippen MR) is 124 cm³/mol. The fourth-order valence-electron chi connectivity index (χ4n) is 4.49. The Balaban J connectivity index is 1.19. The highest BCUT2D eigenvalue weighted by Crippen LogP contribution is 2.30. The van der Waals surface area contributed by atoms with Crippen molar-refractivity contribution in [1.82, 2.24) is 9.80 Å². The molecule has 2 aromatic carbocycles. The Morgan fingerprint density at radius 3 is 2.44 bits per heavy atom. The summed E-state index contributed by atoms with van der Waals surface area (Å²) in [7, 11) is 0. The zero-order valence-corrected chi connectivity index (χ0v) is 18.8. The summed E-state index contributed by atoms with van der Waals surface area (Å²) in [6.45, 7) is 5.20. The summed E-state index contributed by atoms with van der Waals surface area (Å²) < 4.78 is 0. The molecule has 0 radical (unpaired) electrons. The first-order chi connectivity index (χ1) is 15.4. The van der Waals surface area contributed by atoms with E-state index in [1.165, 1.54) is 10.5 Å². The van der Waals surface area contributed by atoms with Gasteiger partial charge in [-0.25, -0.2) is 4.79 Å². The Morgan fingerprint density at radius 1 is 1.00 bits per heavy atom. The topological polar surface area (TPSA) is 69.7 Å². The van der Waals surface area contributed by atoms with Gasteiger partial charge in [0.05, 0.1) is 0 Å². The fourth-order valence-corrected chi connectivity index (χ4v) is 4.49. The smallest absolute Gasteiger partial charge is 0.326 e. The van der Waals surface area contributed by atoms with Gasteiger partial charge in [0.25, 0.3) is 5.91 Å². The molecule has 4 amide bonds. The number of fused-ring (bicyclic) bond motifs is 2. The molecule has 1 N–H and O–H groups in total. The second-order valence-electron chi connectivity index (χ2n) is 9.02. The number of anilines is 1. The van der Waals surface area contributed by atoms with Crippen molar-refractivity contribution >= 4 is 23.5 Å². The van der Waals surface area contributed by atoms with Crippen LogP contribution in [-0.2, 0) is 22.6 Å². The summed E-state index contributed by atoms with van der Waals surface area (Å²) in [6.07, 6.45) is 3.25. The van der Waals surface area contributed by atoms with Gasteiger partial charge < -0.3 is 10.2 Å². The van der Waals surface area contributed by atoms with Crippen LogP contribution in [0.25, 0.3) is 0 Å². The molecule has 2 aromatic rings. The van der Waals surface area contributed by atoms with Gasteiger partial charge in [0, 0.05) is 31.6 Å². The lowest BCUT2D eigenvalue weighted by atomic mass is 9.95. The third kappa shape index (κ3) is 4.69. The Kier molecular flexibility index (Phi) is 6.58. The number of hydrogen-bond donors (Lipinski definition) is 1. The number of unbranched alkanes of at least 4 members (excludes halogenated alkanes) is 2. The molecule has 0 bridgehead atoms. The van der Waals surface area contributed by atoms with E-state index in [2.05, 4.69) is 19.2 Å². The third-order valence-electron chi connectivity index (χ3n) is 6.42. The maximum absolute atomic E-state index is 12.8. The minimum atomic E-state index is -0.370. The molecule has 168 valence electrons. The molecule has 1 fully saturated rings. The number of imide groups is 1. The van der Waals surface area contributed by atoms with Gasteiger partial charge >= 0.3 is 6.03 Å². The molecule has 0 aliphatic carbocycles. The van der Waals surface area contributed by atoms with Crippen LogP contribution in [0.4, 0.5) is 10.5 Å². The van der Waals surface area contributed by atoms with Crippen LogP contribution in [0.1, 0.15) is 62.1 Å². The summed E-state index contributed by atoms with van der Waals surface area (Å²) in [5.41, 5.74) is 4.33. The number of benzene rings is 2. The van der Waals surface area contributed by atoms with Crippen LogP contribution < -0.4 is 5.32 Å². The van der Waals surface area contributed by atoms with Crippen LogP contribution in [0, 0.1) is 0 Å². The van der Waals surface area contributed by atoms with Crippen molar-refractivity contribution in [3.63, 3.8) is 0 Å². The number of nitrogens with one attached hydrogen (secondary N) is 1. The lowest BCUT2D eigenvalue weighted by Gasteiger charge is -2.28. The van der Waals surface area contributed by atoms with E-state index < -0.39 is 0 Å². The van der Waals surface area contributed by atoms with Crippen LogP contribution in [0.15, 0.2) is 48.5 Å². The van der Waals surface area contributed by atoms with Gasteiger partial charge in [0.2, 0.25) is 5.91 Å². The highest BCUT2D eigenvalue weighted by atomic mass is 16.2. The zero-order valence-electron chi connectivity index (χ0n) is 18.8.